The highest BCUT2D eigenvalue weighted by Gasteiger charge is 2.30. The summed E-state index contributed by atoms with van der Waals surface area (Å²) in [5.41, 5.74) is 11.4. The Hall–Kier alpha value is -4.07. The van der Waals surface area contributed by atoms with E-state index in [4.69, 9.17) is 25.6 Å². The smallest absolute Gasteiger partial charge is 0.286 e. The molecule has 0 saturated carbocycles. The highest BCUT2D eigenvalue weighted by atomic mass is 19.3. The molecule has 38 heavy (non-hydrogen) atoms. The van der Waals surface area contributed by atoms with Gasteiger partial charge in [-0.15, -0.1) is 0 Å². The number of hydrogen-bond donors (Lipinski definition) is 2. The number of allylic oxidation sites excluding steroid dienone is 6. The normalized spacial score (nSPS) is 18.1. The van der Waals surface area contributed by atoms with Crippen molar-refractivity contribution < 1.29 is 18.3 Å². The number of benzene rings is 1. The third-order valence-electron chi connectivity index (χ3n) is 6.92. The number of alkyl halides is 2. The van der Waals surface area contributed by atoms with Crippen molar-refractivity contribution in [1.29, 1.82) is 5.41 Å². The second kappa shape index (κ2) is 11.1. The number of nitrogens with zero attached hydrogens (tertiary/aromatic N) is 2. The molecule has 0 saturated heterocycles. The van der Waals surface area contributed by atoms with Crippen LogP contribution < -0.4 is 15.2 Å². The van der Waals surface area contributed by atoms with Crippen LogP contribution in [0.3, 0.4) is 0 Å². The van der Waals surface area contributed by atoms with Crippen molar-refractivity contribution in [3.05, 3.63) is 101 Å². The number of nitrogens with one attached hydrogen (secondary N) is 1. The van der Waals surface area contributed by atoms with Crippen molar-refractivity contribution in [2.75, 3.05) is 7.11 Å². The lowest BCUT2D eigenvalue weighted by Gasteiger charge is -2.29. The van der Waals surface area contributed by atoms with Crippen LogP contribution in [0.2, 0.25) is 0 Å². The van der Waals surface area contributed by atoms with Crippen LogP contribution in [0.25, 0.3) is 0 Å². The summed E-state index contributed by atoms with van der Waals surface area (Å²) in [4.78, 5) is 8.57. The Kier molecular flexibility index (Phi) is 7.90. The van der Waals surface area contributed by atoms with E-state index >= 15 is 0 Å². The van der Waals surface area contributed by atoms with Gasteiger partial charge in [-0.1, -0.05) is 37.8 Å². The fraction of sp³-hybridized carbons (Fsp3) is 0.300. The molecule has 2 unspecified atom stereocenters. The molecule has 198 valence electrons. The summed E-state index contributed by atoms with van der Waals surface area (Å²) >= 11 is 0. The van der Waals surface area contributed by atoms with Gasteiger partial charge in [-0.2, -0.15) is 8.78 Å². The third-order valence-corrected chi connectivity index (χ3v) is 6.92. The highest BCUT2D eigenvalue weighted by molar-refractivity contribution is 5.88. The van der Waals surface area contributed by atoms with Crippen molar-refractivity contribution in [2.24, 2.45) is 16.6 Å². The summed E-state index contributed by atoms with van der Waals surface area (Å²) in [6, 6.07) is 8.65. The maximum atomic E-state index is 13.4. The van der Waals surface area contributed by atoms with E-state index in [1.807, 2.05) is 30.4 Å². The average molecular weight is 519 g/mol. The van der Waals surface area contributed by atoms with Crippen LogP contribution in [0.5, 0.6) is 11.5 Å². The summed E-state index contributed by atoms with van der Waals surface area (Å²) in [6.07, 6.45) is 10.3. The number of nitrogens with two attached hydrogens (primary N) is 1. The number of aliphatic imine (C=N–C) groups is 1. The second-order valence-corrected chi connectivity index (χ2v) is 9.60. The van der Waals surface area contributed by atoms with Crippen molar-refractivity contribution in [1.82, 2.24) is 4.98 Å². The lowest BCUT2D eigenvalue weighted by molar-refractivity contribution is 0.0127. The first-order valence-electron chi connectivity index (χ1n) is 12.4. The van der Waals surface area contributed by atoms with Gasteiger partial charge in [0.1, 0.15) is 18.1 Å². The van der Waals surface area contributed by atoms with Gasteiger partial charge in [0.2, 0.25) is 0 Å². The molecular formula is C30H32F2N4O2. The van der Waals surface area contributed by atoms with Crippen LogP contribution in [-0.4, -0.2) is 24.1 Å². The predicted molar refractivity (Wildman–Crippen MR) is 146 cm³/mol. The molecule has 2 heterocycles. The maximum Gasteiger partial charge on any atom is 0.286 e. The topological polar surface area (TPSA) is 93.6 Å². The molecule has 2 aliphatic rings. The molecule has 0 bridgehead atoms. The highest BCUT2D eigenvalue weighted by Crippen LogP contribution is 2.40. The van der Waals surface area contributed by atoms with Gasteiger partial charge >= 0.3 is 0 Å². The van der Waals surface area contributed by atoms with E-state index in [0.717, 1.165) is 42.2 Å². The maximum absolute atomic E-state index is 13.4. The number of methoxy groups -OCH3 is 1. The fourth-order valence-electron chi connectivity index (χ4n) is 4.58. The van der Waals surface area contributed by atoms with E-state index in [0.29, 0.717) is 28.5 Å². The second-order valence-electron chi connectivity index (χ2n) is 9.60. The molecule has 2 atom stereocenters. The van der Waals surface area contributed by atoms with Gasteiger partial charge in [0.05, 0.1) is 12.8 Å². The predicted octanol–water partition coefficient (Wildman–Crippen LogP) is 6.61. The SMILES string of the molecule is C=C(C=N)C1=CCC=C2CC(C(C)c3ccc(OCc4ccc(C(C)(F)F)nc4)c(OC)c3)C(N)=NC2=C1. The monoisotopic (exact) mass is 518 g/mol. The molecule has 3 N–H and O–H groups in total. The van der Waals surface area contributed by atoms with E-state index in [9.17, 15) is 8.78 Å². The zero-order chi connectivity index (χ0) is 27.4. The number of hydrogen-bond acceptors (Lipinski definition) is 6. The minimum atomic E-state index is -2.98. The van der Waals surface area contributed by atoms with Crippen LogP contribution in [0, 0.1) is 11.3 Å². The van der Waals surface area contributed by atoms with Crippen LogP contribution in [0.1, 0.15) is 49.4 Å². The fourth-order valence-corrected chi connectivity index (χ4v) is 4.58. The molecule has 1 aromatic heterocycles. The van der Waals surface area contributed by atoms with Crippen LogP contribution >= 0.6 is 0 Å². The van der Waals surface area contributed by atoms with E-state index in [2.05, 4.69) is 24.6 Å². The summed E-state index contributed by atoms with van der Waals surface area (Å²) < 4.78 is 38.3. The molecule has 0 spiro atoms. The van der Waals surface area contributed by atoms with E-state index in [-0.39, 0.29) is 24.1 Å². The largest absolute Gasteiger partial charge is 0.493 e. The standard InChI is InChI=1S/C30H32F2N4O2/c1-18(15-33)21-6-5-7-23-12-24(29(34)36-25(23)13-21)19(2)22-9-10-26(27(14-22)37-4)38-17-20-8-11-28(35-16-20)30(3,31)32/h6-11,13-16,19,24,33H,1,5,12,17H2,2-4H3,(H2,34,36). The molecule has 1 aliphatic carbocycles. The third kappa shape index (κ3) is 5.90. The first kappa shape index (κ1) is 27.0. The Morgan fingerprint density at radius 1 is 1.26 bits per heavy atom. The Labute approximate surface area is 221 Å². The Bertz CT molecular complexity index is 1350. The molecule has 4 rings (SSSR count). The number of halogens is 2. The molecule has 0 fully saturated rings. The first-order chi connectivity index (χ1) is 18.1. The van der Waals surface area contributed by atoms with Crippen LogP contribution in [0.4, 0.5) is 8.78 Å². The summed E-state index contributed by atoms with van der Waals surface area (Å²) in [5, 5.41) is 7.50. The number of aromatic nitrogens is 1. The van der Waals surface area contributed by atoms with E-state index < -0.39 is 5.92 Å². The molecule has 2 aromatic rings. The Balaban J connectivity index is 1.49. The molecule has 1 aromatic carbocycles. The van der Waals surface area contributed by atoms with E-state index in [1.165, 1.54) is 18.5 Å². The number of rotatable bonds is 9. The number of amidine groups is 1. The van der Waals surface area contributed by atoms with Gasteiger partial charge in [0.15, 0.2) is 11.5 Å². The first-order valence-corrected chi connectivity index (χ1v) is 12.4. The van der Waals surface area contributed by atoms with Crippen molar-refractivity contribution in [3.8, 4) is 11.5 Å². The molecule has 0 radical (unpaired) electrons. The molecular weight excluding hydrogens is 486 g/mol. The van der Waals surface area contributed by atoms with Gasteiger partial charge in [0.25, 0.3) is 5.92 Å². The Morgan fingerprint density at radius 3 is 2.71 bits per heavy atom. The summed E-state index contributed by atoms with van der Waals surface area (Å²) in [5.74, 6) is -1.25. The lowest BCUT2D eigenvalue weighted by Crippen LogP contribution is -2.31. The quantitative estimate of drug-likeness (QED) is 0.366. The number of fused-ring (bicyclic) bond motifs is 1. The number of pyridine rings is 1. The number of ether oxygens (including phenoxy) is 2. The van der Waals surface area contributed by atoms with Gasteiger partial charge < -0.3 is 20.6 Å². The summed E-state index contributed by atoms with van der Waals surface area (Å²) in [6.45, 7) is 7.03. The van der Waals surface area contributed by atoms with Gasteiger partial charge in [-0.25, -0.2) is 4.99 Å². The minimum Gasteiger partial charge on any atom is -0.493 e. The van der Waals surface area contributed by atoms with Crippen LogP contribution in [-0.2, 0) is 12.5 Å². The molecule has 6 nitrogen and oxygen atoms in total. The van der Waals surface area contributed by atoms with Gasteiger partial charge in [0, 0.05) is 30.8 Å². The molecule has 0 amide bonds. The summed E-state index contributed by atoms with van der Waals surface area (Å²) in [7, 11) is 1.58. The van der Waals surface area contributed by atoms with Crippen molar-refractivity contribution in [2.45, 2.75) is 45.1 Å². The lowest BCUT2D eigenvalue weighted by atomic mass is 9.80. The minimum absolute atomic E-state index is 0.00338. The molecule has 1 aliphatic heterocycles. The van der Waals surface area contributed by atoms with E-state index in [1.54, 1.807) is 13.2 Å². The zero-order valence-electron chi connectivity index (χ0n) is 21.8. The average Bonchev–Trinajstić information content (AvgIpc) is 3.12. The zero-order valence-corrected chi connectivity index (χ0v) is 21.8. The van der Waals surface area contributed by atoms with Crippen molar-refractivity contribution >= 4 is 12.1 Å². The molecule has 8 heteroatoms. The van der Waals surface area contributed by atoms with Crippen molar-refractivity contribution in [3.63, 3.8) is 0 Å². The van der Waals surface area contributed by atoms with Gasteiger partial charge in [-0.05, 0) is 65.3 Å². The van der Waals surface area contributed by atoms with Gasteiger partial charge in [-0.3, -0.25) is 4.98 Å². The van der Waals surface area contributed by atoms with Crippen LogP contribution in [0.15, 0.2) is 88.7 Å². The Morgan fingerprint density at radius 2 is 2.05 bits per heavy atom.